The molecule has 0 amide bonds. The van der Waals surface area contributed by atoms with Crippen LogP contribution >= 0.6 is 0 Å². The van der Waals surface area contributed by atoms with Crippen molar-refractivity contribution in [3.8, 4) is 0 Å². The number of hydrogen-bond donors (Lipinski definition) is 0. The van der Waals surface area contributed by atoms with Gasteiger partial charge < -0.3 is 14.7 Å². The van der Waals surface area contributed by atoms with Crippen molar-refractivity contribution < 1.29 is 31.5 Å². The summed E-state index contributed by atoms with van der Waals surface area (Å²) in [4.78, 5) is 30.5. The average molecular weight is 409 g/mol. The summed E-state index contributed by atoms with van der Waals surface area (Å²) >= 11 is 0. The van der Waals surface area contributed by atoms with Crippen LogP contribution in [0.2, 0.25) is 0 Å². The molecule has 1 aliphatic carbocycles. The lowest BCUT2D eigenvalue weighted by molar-refractivity contribution is -0.117. The molecule has 5 nitrogen and oxygen atoms in total. The van der Waals surface area contributed by atoms with Gasteiger partial charge in [0.25, 0.3) is 0 Å². The number of ketones is 2. The van der Waals surface area contributed by atoms with Gasteiger partial charge in [-0.2, -0.15) is 0 Å². The largest absolute Gasteiger partial charge is 0.365 e. The Morgan fingerprint density at radius 2 is 1.07 bits per heavy atom. The molecule has 4 aliphatic rings. The Balaban J connectivity index is 0.000000152. The average Bonchev–Trinajstić information content (AvgIpc) is 3.56. The van der Waals surface area contributed by atoms with Gasteiger partial charge in [0.05, 0.1) is 5.70 Å². The maximum atomic E-state index is 12.4. The molecule has 1 aromatic rings. The van der Waals surface area contributed by atoms with Crippen LogP contribution < -0.4 is 5.46 Å². The van der Waals surface area contributed by atoms with Crippen molar-refractivity contribution in [3.63, 3.8) is 0 Å². The molecular weight excluding hydrogens is 396 g/mol. The van der Waals surface area contributed by atoms with Crippen LogP contribution in [0, 0.1) is 29.1 Å². The van der Waals surface area contributed by atoms with Gasteiger partial charge in [-0.05, 0) is 5.46 Å². The SMILES string of the molecule is O=C1C=C(N2CC2)C(=O)C(N2CC2)=C1N1CC1.[B]c1c(F)c(F)c(F)c(F)c1F. The molecule has 3 fully saturated rings. The van der Waals surface area contributed by atoms with E-state index in [-0.39, 0.29) is 11.6 Å². The van der Waals surface area contributed by atoms with Crippen LogP contribution in [0.5, 0.6) is 0 Å². The molecule has 0 unspecified atom stereocenters. The Labute approximate surface area is 163 Å². The van der Waals surface area contributed by atoms with Crippen LogP contribution in [0.25, 0.3) is 0 Å². The van der Waals surface area contributed by atoms with Gasteiger partial charge in [-0.15, -0.1) is 0 Å². The van der Waals surface area contributed by atoms with Gasteiger partial charge >= 0.3 is 0 Å². The third-order valence-corrected chi connectivity index (χ3v) is 4.73. The summed E-state index contributed by atoms with van der Waals surface area (Å²) in [6.45, 7) is 5.41. The molecular formula is C18H13BF5N3O2. The Morgan fingerprint density at radius 3 is 1.52 bits per heavy atom. The number of rotatable bonds is 3. The molecule has 5 rings (SSSR count). The predicted octanol–water partition coefficient (Wildman–Crippen LogP) is 0.356. The summed E-state index contributed by atoms with van der Waals surface area (Å²) < 4.78 is 61.1. The molecule has 150 valence electrons. The third-order valence-electron chi connectivity index (χ3n) is 4.73. The second-order valence-electron chi connectivity index (χ2n) is 6.86. The van der Waals surface area contributed by atoms with Crippen molar-refractivity contribution in [2.45, 2.75) is 0 Å². The summed E-state index contributed by atoms with van der Waals surface area (Å²) in [5, 5.41) is 0. The first-order chi connectivity index (χ1) is 13.7. The fourth-order valence-electron chi connectivity index (χ4n) is 2.90. The van der Waals surface area contributed by atoms with Crippen molar-refractivity contribution in [3.05, 3.63) is 52.3 Å². The number of Topliss-reactive ketones (excluding diaryl/α,β-unsaturated/α-hetero) is 1. The van der Waals surface area contributed by atoms with E-state index in [4.69, 9.17) is 0 Å². The van der Waals surface area contributed by atoms with Gasteiger partial charge in [-0.1, -0.05) is 0 Å². The van der Waals surface area contributed by atoms with E-state index in [0.29, 0.717) is 17.1 Å². The molecule has 0 atom stereocenters. The summed E-state index contributed by atoms with van der Waals surface area (Å²) in [6.07, 6.45) is 1.52. The summed E-state index contributed by atoms with van der Waals surface area (Å²) in [5.74, 6) is -10.2. The number of halogens is 5. The lowest BCUT2D eigenvalue weighted by atomic mass is 9.94. The van der Waals surface area contributed by atoms with Crippen LogP contribution in [-0.2, 0) is 9.59 Å². The number of benzene rings is 1. The van der Waals surface area contributed by atoms with Crippen LogP contribution in [0.1, 0.15) is 0 Å². The monoisotopic (exact) mass is 409 g/mol. The van der Waals surface area contributed by atoms with E-state index in [0.717, 1.165) is 39.3 Å². The minimum absolute atomic E-state index is 0.00546. The molecule has 3 aliphatic heterocycles. The number of nitrogens with zero attached hydrogens (tertiary/aromatic N) is 3. The zero-order chi connectivity index (χ0) is 21.0. The number of allylic oxidation sites excluding steroid dienone is 1. The van der Waals surface area contributed by atoms with Crippen molar-refractivity contribution >= 4 is 24.9 Å². The number of carbonyl (C=O) groups is 2. The smallest absolute Gasteiger partial charge is 0.227 e. The molecule has 0 aromatic heterocycles. The second-order valence-corrected chi connectivity index (χ2v) is 6.86. The molecule has 0 bridgehead atoms. The first-order valence-electron chi connectivity index (χ1n) is 8.79. The van der Waals surface area contributed by atoms with Gasteiger partial charge in [0.15, 0.2) is 29.1 Å². The highest BCUT2D eigenvalue weighted by Gasteiger charge is 2.43. The zero-order valence-corrected chi connectivity index (χ0v) is 14.9. The molecule has 29 heavy (non-hydrogen) atoms. The van der Waals surface area contributed by atoms with Gasteiger partial charge in [-0.3, -0.25) is 9.59 Å². The number of hydrogen-bond acceptors (Lipinski definition) is 5. The molecule has 0 N–H and O–H groups in total. The van der Waals surface area contributed by atoms with Gasteiger partial charge in [0.2, 0.25) is 11.6 Å². The highest BCUT2D eigenvalue weighted by atomic mass is 19.2. The first-order valence-corrected chi connectivity index (χ1v) is 8.79. The van der Waals surface area contributed by atoms with Gasteiger partial charge in [0, 0.05) is 45.3 Å². The summed E-state index contributed by atoms with van der Waals surface area (Å²) in [7, 11) is 4.56. The molecule has 3 saturated heterocycles. The van der Waals surface area contributed by atoms with Crippen LogP contribution in [0.3, 0.4) is 0 Å². The number of carbonyl (C=O) groups excluding carboxylic acids is 2. The fourth-order valence-corrected chi connectivity index (χ4v) is 2.90. The lowest BCUT2D eigenvalue weighted by Crippen LogP contribution is -2.29. The third kappa shape index (κ3) is 3.49. The predicted molar refractivity (Wildman–Crippen MR) is 91.5 cm³/mol. The quantitative estimate of drug-likeness (QED) is 0.180. The van der Waals surface area contributed by atoms with Crippen LogP contribution in [0.15, 0.2) is 23.2 Å². The molecule has 0 saturated carbocycles. The van der Waals surface area contributed by atoms with E-state index in [1.54, 1.807) is 0 Å². The minimum atomic E-state index is -2.21. The summed E-state index contributed by atoms with van der Waals surface area (Å²) in [6, 6.07) is 0. The van der Waals surface area contributed by atoms with Crippen molar-refractivity contribution in [2.75, 3.05) is 39.3 Å². The Bertz CT molecular complexity index is 893. The minimum Gasteiger partial charge on any atom is -0.365 e. The van der Waals surface area contributed by atoms with E-state index in [2.05, 4.69) is 7.85 Å². The topological polar surface area (TPSA) is 43.2 Å². The highest BCUT2D eigenvalue weighted by Crippen LogP contribution is 2.33. The molecule has 3 heterocycles. The Hall–Kier alpha value is -2.85. The fraction of sp³-hybridized carbons (Fsp3) is 0.333. The van der Waals surface area contributed by atoms with E-state index >= 15 is 0 Å². The first kappa shape index (κ1) is 19.5. The summed E-state index contributed by atoms with van der Waals surface area (Å²) in [5.41, 5.74) is 0.518. The second kappa shape index (κ2) is 6.89. The van der Waals surface area contributed by atoms with Gasteiger partial charge in [-0.25, -0.2) is 22.0 Å². The zero-order valence-electron chi connectivity index (χ0n) is 14.9. The normalized spacial score (nSPS) is 19.9. The van der Waals surface area contributed by atoms with E-state index in [1.165, 1.54) is 6.08 Å². The van der Waals surface area contributed by atoms with E-state index < -0.39 is 34.5 Å². The van der Waals surface area contributed by atoms with Crippen molar-refractivity contribution in [1.82, 2.24) is 14.7 Å². The Kier molecular flexibility index (Phi) is 4.63. The van der Waals surface area contributed by atoms with E-state index in [9.17, 15) is 31.5 Å². The molecule has 0 spiro atoms. The highest BCUT2D eigenvalue weighted by molar-refractivity contribution is 6.32. The van der Waals surface area contributed by atoms with Crippen molar-refractivity contribution in [2.24, 2.45) is 0 Å². The Morgan fingerprint density at radius 1 is 0.655 bits per heavy atom. The van der Waals surface area contributed by atoms with Crippen LogP contribution in [0.4, 0.5) is 22.0 Å². The van der Waals surface area contributed by atoms with E-state index in [1.807, 2.05) is 14.7 Å². The van der Waals surface area contributed by atoms with Crippen molar-refractivity contribution in [1.29, 1.82) is 0 Å². The van der Waals surface area contributed by atoms with Gasteiger partial charge in [0.1, 0.15) is 19.2 Å². The molecule has 11 heteroatoms. The maximum absolute atomic E-state index is 12.4. The van der Waals surface area contributed by atoms with Crippen LogP contribution in [-0.4, -0.2) is 73.4 Å². The molecule has 2 radical (unpaired) electrons. The maximum Gasteiger partial charge on any atom is 0.227 e. The lowest BCUT2D eigenvalue weighted by Gasteiger charge is -2.21. The molecule has 1 aromatic carbocycles. The standard InChI is InChI=1S/C12H13N3O2.C6BF5/c16-9-7-8(13-1-2-13)12(17)11(15-5-6-15)10(9)14-3-4-14;7-1-2(8)4(10)6(12)5(11)3(1)9/h7H,1-6H2;.